The van der Waals surface area contributed by atoms with Crippen molar-refractivity contribution in [3.63, 3.8) is 0 Å². The number of allylic oxidation sites excluding steroid dienone is 1. The Bertz CT molecular complexity index is 435. The Morgan fingerprint density at radius 2 is 2.11 bits per heavy atom. The average Bonchev–Trinajstić information content (AvgIpc) is 3.01. The minimum atomic E-state index is -0.223. The first-order valence-corrected chi connectivity index (χ1v) is 6.57. The maximum absolute atomic E-state index is 11.6. The van der Waals surface area contributed by atoms with E-state index < -0.39 is 0 Å². The number of carbonyl (C=O) groups excluding carboxylic acids is 1. The molecule has 5 atom stereocenters. The molecule has 3 nitrogen and oxygen atoms in total. The standard InChI is InChI=1S/C15H20O3/c1-5-14(3)7-11-10(9(2)13(16)18-11)6-12(14)15(4)8-17-15/h5,10-12H,1-2,6-8H2,3-4H3/t10-,11-,12-,14+,15?/m1/s1. The lowest BCUT2D eigenvalue weighted by atomic mass is 9.59. The highest BCUT2D eigenvalue weighted by Crippen LogP contribution is 2.57. The van der Waals surface area contributed by atoms with Crippen LogP contribution in [0.5, 0.6) is 0 Å². The number of epoxide rings is 1. The van der Waals surface area contributed by atoms with Crippen LogP contribution in [0.3, 0.4) is 0 Å². The van der Waals surface area contributed by atoms with Gasteiger partial charge in [-0.25, -0.2) is 4.79 Å². The second-order valence-electron chi connectivity index (χ2n) is 6.38. The molecule has 98 valence electrons. The summed E-state index contributed by atoms with van der Waals surface area (Å²) in [7, 11) is 0. The molecule has 1 aliphatic carbocycles. The SMILES string of the molecule is C=C[C@@]1(C)C[C@H]2OC(=O)C(=C)[C@H]2C[C@H]1C1(C)CO1. The Balaban J connectivity index is 1.93. The lowest BCUT2D eigenvalue weighted by molar-refractivity contribution is -0.141. The number of carbonyl (C=O) groups is 1. The van der Waals surface area contributed by atoms with E-state index in [1.807, 2.05) is 6.08 Å². The molecule has 1 unspecified atom stereocenters. The number of fused-ring (bicyclic) bond motifs is 1. The predicted molar refractivity (Wildman–Crippen MR) is 67.9 cm³/mol. The molecule has 0 radical (unpaired) electrons. The number of ether oxygens (including phenoxy) is 2. The molecular weight excluding hydrogens is 228 g/mol. The monoisotopic (exact) mass is 248 g/mol. The fraction of sp³-hybridized carbons (Fsp3) is 0.667. The number of hydrogen-bond acceptors (Lipinski definition) is 3. The molecular formula is C15H20O3. The highest BCUT2D eigenvalue weighted by molar-refractivity contribution is 5.90. The zero-order valence-corrected chi connectivity index (χ0v) is 11.1. The summed E-state index contributed by atoms with van der Waals surface area (Å²) < 4.78 is 11.1. The van der Waals surface area contributed by atoms with Crippen LogP contribution < -0.4 is 0 Å². The van der Waals surface area contributed by atoms with Crippen molar-refractivity contribution in [1.82, 2.24) is 0 Å². The highest BCUT2D eigenvalue weighted by Gasteiger charge is 2.59. The van der Waals surface area contributed by atoms with Gasteiger partial charge in [-0.15, -0.1) is 6.58 Å². The van der Waals surface area contributed by atoms with Crippen molar-refractivity contribution in [2.24, 2.45) is 17.3 Å². The fourth-order valence-electron chi connectivity index (χ4n) is 3.74. The van der Waals surface area contributed by atoms with Crippen molar-refractivity contribution in [3.05, 3.63) is 24.8 Å². The van der Waals surface area contributed by atoms with Gasteiger partial charge in [0.15, 0.2) is 0 Å². The van der Waals surface area contributed by atoms with Crippen LogP contribution in [0.1, 0.15) is 26.7 Å². The molecule has 2 aliphatic heterocycles. The van der Waals surface area contributed by atoms with E-state index in [-0.39, 0.29) is 29.0 Å². The molecule has 3 aliphatic rings. The van der Waals surface area contributed by atoms with Crippen molar-refractivity contribution in [1.29, 1.82) is 0 Å². The summed E-state index contributed by atoms with van der Waals surface area (Å²) in [6, 6.07) is 0. The second-order valence-corrected chi connectivity index (χ2v) is 6.38. The van der Waals surface area contributed by atoms with Gasteiger partial charge in [0.25, 0.3) is 0 Å². The first kappa shape index (κ1) is 12.0. The van der Waals surface area contributed by atoms with Crippen molar-refractivity contribution >= 4 is 5.97 Å². The first-order chi connectivity index (χ1) is 8.39. The zero-order valence-electron chi connectivity index (χ0n) is 11.1. The minimum absolute atomic E-state index is 0.0217. The molecule has 0 aromatic rings. The molecule has 0 N–H and O–H groups in total. The normalized spacial score (nSPS) is 50.7. The first-order valence-electron chi connectivity index (χ1n) is 6.57. The molecule has 1 saturated carbocycles. The largest absolute Gasteiger partial charge is 0.458 e. The van der Waals surface area contributed by atoms with Gasteiger partial charge < -0.3 is 9.47 Å². The van der Waals surface area contributed by atoms with Gasteiger partial charge in [0.05, 0.1) is 12.2 Å². The molecule has 0 spiro atoms. The molecule has 18 heavy (non-hydrogen) atoms. The quantitative estimate of drug-likeness (QED) is 0.326. The summed E-state index contributed by atoms with van der Waals surface area (Å²) >= 11 is 0. The summed E-state index contributed by atoms with van der Waals surface area (Å²) in [5, 5.41) is 0. The van der Waals surface area contributed by atoms with Gasteiger partial charge in [-0.3, -0.25) is 0 Å². The maximum atomic E-state index is 11.6. The van der Waals surface area contributed by atoms with E-state index in [4.69, 9.17) is 9.47 Å². The van der Waals surface area contributed by atoms with Gasteiger partial charge in [-0.1, -0.05) is 19.6 Å². The van der Waals surface area contributed by atoms with E-state index >= 15 is 0 Å². The van der Waals surface area contributed by atoms with E-state index in [2.05, 4.69) is 27.0 Å². The summed E-state index contributed by atoms with van der Waals surface area (Å²) in [6.07, 6.45) is 3.73. The smallest absolute Gasteiger partial charge is 0.334 e. The molecule has 3 heteroatoms. The van der Waals surface area contributed by atoms with Crippen LogP contribution in [0.15, 0.2) is 24.8 Å². The van der Waals surface area contributed by atoms with E-state index in [9.17, 15) is 4.79 Å². The third kappa shape index (κ3) is 1.50. The van der Waals surface area contributed by atoms with Crippen LogP contribution in [0.4, 0.5) is 0 Å². The summed E-state index contributed by atoms with van der Waals surface area (Å²) in [5.41, 5.74) is 0.553. The minimum Gasteiger partial charge on any atom is -0.458 e. The van der Waals surface area contributed by atoms with Gasteiger partial charge in [0.1, 0.15) is 6.10 Å². The molecule has 3 rings (SSSR count). The Hall–Kier alpha value is -1.09. The van der Waals surface area contributed by atoms with Crippen molar-refractivity contribution in [3.8, 4) is 0 Å². The van der Waals surface area contributed by atoms with E-state index in [1.54, 1.807) is 0 Å². The number of hydrogen-bond donors (Lipinski definition) is 0. The molecule has 2 saturated heterocycles. The Morgan fingerprint density at radius 3 is 2.67 bits per heavy atom. The van der Waals surface area contributed by atoms with Crippen LogP contribution in [0.2, 0.25) is 0 Å². The maximum Gasteiger partial charge on any atom is 0.334 e. The summed E-state index contributed by atoms with van der Waals surface area (Å²) in [6.45, 7) is 13.0. The summed E-state index contributed by atoms with van der Waals surface area (Å²) in [5.74, 6) is 0.325. The van der Waals surface area contributed by atoms with E-state index in [0.717, 1.165) is 19.4 Å². The van der Waals surface area contributed by atoms with Gasteiger partial charge in [0, 0.05) is 11.5 Å². The topological polar surface area (TPSA) is 38.8 Å². The Kier molecular flexibility index (Phi) is 2.31. The average molecular weight is 248 g/mol. The number of rotatable bonds is 2. The zero-order chi connectivity index (χ0) is 13.1. The van der Waals surface area contributed by atoms with Gasteiger partial charge >= 0.3 is 5.97 Å². The van der Waals surface area contributed by atoms with Gasteiger partial charge in [0.2, 0.25) is 0 Å². The Labute approximate surface area is 108 Å². The lowest BCUT2D eigenvalue weighted by Gasteiger charge is -2.45. The van der Waals surface area contributed by atoms with E-state index in [1.165, 1.54) is 0 Å². The molecule has 3 fully saturated rings. The van der Waals surface area contributed by atoms with Crippen LogP contribution in [0.25, 0.3) is 0 Å². The lowest BCUT2D eigenvalue weighted by Crippen LogP contribution is -2.45. The van der Waals surface area contributed by atoms with Gasteiger partial charge in [-0.2, -0.15) is 0 Å². The molecule has 0 aromatic carbocycles. The van der Waals surface area contributed by atoms with Crippen LogP contribution in [-0.2, 0) is 14.3 Å². The molecule has 0 amide bonds. The van der Waals surface area contributed by atoms with Crippen molar-refractivity contribution in [2.75, 3.05) is 6.61 Å². The van der Waals surface area contributed by atoms with E-state index in [0.29, 0.717) is 11.5 Å². The van der Waals surface area contributed by atoms with Crippen molar-refractivity contribution in [2.45, 2.75) is 38.4 Å². The van der Waals surface area contributed by atoms with Gasteiger partial charge in [-0.05, 0) is 31.1 Å². The predicted octanol–water partition coefficient (Wildman–Crippen LogP) is 2.48. The summed E-state index contributed by atoms with van der Waals surface area (Å²) in [4.78, 5) is 11.6. The molecule has 0 aromatic heterocycles. The third-order valence-corrected chi connectivity index (χ3v) is 5.15. The highest BCUT2D eigenvalue weighted by atomic mass is 16.6. The van der Waals surface area contributed by atoms with Crippen LogP contribution in [0, 0.1) is 17.3 Å². The van der Waals surface area contributed by atoms with Crippen LogP contribution in [-0.4, -0.2) is 24.3 Å². The second kappa shape index (κ2) is 3.47. The molecule has 0 bridgehead atoms. The van der Waals surface area contributed by atoms with Crippen molar-refractivity contribution < 1.29 is 14.3 Å². The molecule has 2 heterocycles. The fourth-order valence-corrected chi connectivity index (χ4v) is 3.74. The number of esters is 1. The van der Waals surface area contributed by atoms with Crippen LogP contribution >= 0.6 is 0 Å². The Morgan fingerprint density at radius 1 is 1.44 bits per heavy atom. The third-order valence-electron chi connectivity index (χ3n) is 5.15.